The van der Waals surface area contributed by atoms with Crippen LogP contribution in [-0.2, 0) is 10.5 Å². The first kappa shape index (κ1) is 18.7. The van der Waals surface area contributed by atoms with Crippen molar-refractivity contribution in [2.45, 2.75) is 31.8 Å². The highest BCUT2D eigenvalue weighted by Crippen LogP contribution is 2.27. The number of aromatic nitrogens is 2. The van der Waals surface area contributed by atoms with Crippen LogP contribution in [0.3, 0.4) is 0 Å². The highest BCUT2D eigenvalue weighted by Gasteiger charge is 2.20. The second-order valence-electron chi connectivity index (χ2n) is 6.16. The van der Waals surface area contributed by atoms with Crippen molar-refractivity contribution >= 4 is 44.9 Å². The van der Waals surface area contributed by atoms with E-state index in [9.17, 15) is 9.59 Å². The molecule has 26 heavy (non-hydrogen) atoms. The molecule has 0 fully saturated rings. The number of thiophene rings is 1. The molecule has 1 atom stereocenters. The van der Waals surface area contributed by atoms with E-state index in [1.807, 2.05) is 51.1 Å². The number of aryl methyl sites for hydroxylation is 2. The number of rotatable bonds is 5. The number of fused-ring (bicyclic) bond motifs is 1. The van der Waals surface area contributed by atoms with Gasteiger partial charge in [-0.25, -0.2) is 4.98 Å². The van der Waals surface area contributed by atoms with Gasteiger partial charge in [0.2, 0.25) is 5.91 Å². The van der Waals surface area contributed by atoms with Gasteiger partial charge in [0.25, 0.3) is 5.56 Å². The number of thioether (sulfide) groups is 1. The molecule has 1 N–H and O–H groups in total. The van der Waals surface area contributed by atoms with Gasteiger partial charge in [0.15, 0.2) is 0 Å². The van der Waals surface area contributed by atoms with Gasteiger partial charge in [-0.05, 0) is 38.5 Å². The van der Waals surface area contributed by atoms with E-state index in [4.69, 9.17) is 0 Å². The maximum absolute atomic E-state index is 12.6. The van der Waals surface area contributed by atoms with E-state index < -0.39 is 0 Å². The molecule has 0 spiro atoms. The van der Waals surface area contributed by atoms with Crippen LogP contribution in [0.15, 0.2) is 35.1 Å². The van der Waals surface area contributed by atoms with Gasteiger partial charge in [-0.2, -0.15) is 0 Å². The zero-order chi connectivity index (χ0) is 18.8. The molecule has 0 saturated carbocycles. The van der Waals surface area contributed by atoms with Crippen LogP contribution in [0.4, 0.5) is 5.69 Å². The van der Waals surface area contributed by atoms with Gasteiger partial charge in [0.05, 0.1) is 16.4 Å². The number of amides is 1. The Balaban J connectivity index is 1.71. The van der Waals surface area contributed by atoms with Gasteiger partial charge in [-0.1, -0.05) is 18.2 Å². The average Bonchev–Trinajstić information content (AvgIpc) is 2.93. The minimum absolute atomic E-state index is 0.0208. The SMILES string of the molecule is Cc1sc2nc(CS[C@@H](C)C(=O)N(C)c3ccccc3)[nH]c(=O)c2c1C. The van der Waals surface area contributed by atoms with E-state index in [2.05, 4.69) is 9.97 Å². The Bertz CT molecular complexity index is 995. The first-order valence-corrected chi connectivity index (χ1v) is 10.2. The molecule has 2 heterocycles. The van der Waals surface area contributed by atoms with Crippen molar-refractivity contribution in [3.05, 3.63) is 57.0 Å². The van der Waals surface area contributed by atoms with Gasteiger partial charge in [0, 0.05) is 17.6 Å². The lowest BCUT2D eigenvalue weighted by Crippen LogP contribution is -2.33. The molecule has 0 aliphatic rings. The van der Waals surface area contributed by atoms with Gasteiger partial charge in [-0.3, -0.25) is 9.59 Å². The second kappa shape index (κ2) is 7.63. The number of nitrogens with zero attached hydrogens (tertiary/aromatic N) is 2. The Morgan fingerprint density at radius 2 is 2.00 bits per heavy atom. The number of para-hydroxylation sites is 1. The van der Waals surface area contributed by atoms with Crippen LogP contribution >= 0.6 is 23.1 Å². The molecule has 0 radical (unpaired) electrons. The number of hydrogen-bond donors (Lipinski definition) is 1. The summed E-state index contributed by atoms with van der Waals surface area (Å²) in [6.07, 6.45) is 0. The largest absolute Gasteiger partial charge is 0.315 e. The fraction of sp³-hybridized carbons (Fsp3) is 0.316. The summed E-state index contributed by atoms with van der Waals surface area (Å²) in [6.45, 7) is 5.82. The summed E-state index contributed by atoms with van der Waals surface area (Å²) in [7, 11) is 1.78. The molecule has 1 aromatic carbocycles. The van der Waals surface area contributed by atoms with Gasteiger partial charge in [0.1, 0.15) is 10.7 Å². The number of aromatic amines is 1. The smallest absolute Gasteiger partial charge is 0.259 e. The summed E-state index contributed by atoms with van der Waals surface area (Å²) in [6, 6.07) is 9.55. The van der Waals surface area contributed by atoms with E-state index in [0.29, 0.717) is 17.0 Å². The molecule has 3 rings (SSSR count). The van der Waals surface area contributed by atoms with Crippen molar-refractivity contribution in [3.63, 3.8) is 0 Å². The number of nitrogens with one attached hydrogen (secondary N) is 1. The quantitative estimate of drug-likeness (QED) is 0.721. The highest BCUT2D eigenvalue weighted by atomic mass is 32.2. The van der Waals surface area contributed by atoms with E-state index >= 15 is 0 Å². The maximum atomic E-state index is 12.6. The Labute approximate surface area is 160 Å². The lowest BCUT2D eigenvalue weighted by atomic mass is 10.2. The van der Waals surface area contributed by atoms with Crippen LogP contribution in [0.1, 0.15) is 23.2 Å². The molecule has 0 unspecified atom stereocenters. The molecule has 5 nitrogen and oxygen atoms in total. The lowest BCUT2D eigenvalue weighted by molar-refractivity contribution is -0.117. The third kappa shape index (κ3) is 3.68. The molecule has 2 aromatic heterocycles. The van der Waals surface area contributed by atoms with Crippen LogP contribution in [0.2, 0.25) is 0 Å². The van der Waals surface area contributed by atoms with Crippen molar-refractivity contribution in [3.8, 4) is 0 Å². The van der Waals surface area contributed by atoms with Gasteiger partial charge >= 0.3 is 0 Å². The lowest BCUT2D eigenvalue weighted by Gasteiger charge is -2.21. The summed E-state index contributed by atoms with van der Waals surface area (Å²) in [5, 5.41) is 0.433. The van der Waals surface area contributed by atoms with Crippen molar-refractivity contribution in [1.29, 1.82) is 0 Å². The molecular weight excluding hydrogens is 366 g/mol. The average molecular weight is 388 g/mol. The molecule has 0 aliphatic heterocycles. The monoisotopic (exact) mass is 387 g/mol. The minimum Gasteiger partial charge on any atom is -0.315 e. The highest BCUT2D eigenvalue weighted by molar-refractivity contribution is 7.99. The Morgan fingerprint density at radius 1 is 1.31 bits per heavy atom. The van der Waals surface area contributed by atoms with Crippen molar-refractivity contribution in [1.82, 2.24) is 9.97 Å². The summed E-state index contributed by atoms with van der Waals surface area (Å²) in [5.41, 5.74) is 1.75. The van der Waals surface area contributed by atoms with Crippen molar-refractivity contribution in [2.24, 2.45) is 0 Å². The van der Waals surface area contributed by atoms with Crippen molar-refractivity contribution in [2.75, 3.05) is 11.9 Å². The first-order chi connectivity index (χ1) is 12.4. The summed E-state index contributed by atoms with van der Waals surface area (Å²) in [4.78, 5) is 35.9. The van der Waals surface area contributed by atoms with E-state index in [1.54, 1.807) is 11.9 Å². The van der Waals surface area contributed by atoms with Crippen LogP contribution in [0, 0.1) is 13.8 Å². The number of carbonyl (C=O) groups excluding carboxylic acids is 1. The second-order valence-corrected chi connectivity index (χ2v) is 8.69. The minimum atomic E-state index is -0.243. The molecule has 1 amide bonds. The first-order valence-electron chi connectivity index (χ1n) is 8.31. The molecule has 136 valence electrons. The third-order valence-electron chi connectivity index (χ3n) is 4.38. The van der Waals surface area contributed by atoms with Gasteiger partial charge in [-0.15, -0.1) is 23.1 Å². The summed E-state index contributed by atoms with van der Waals surface area (Å²) < 4.78 is 0. The topological polar surface area (TPSA) is 66.1 Å². The van der Waals surface area contributed by atoms with E-state index in [0.717, 1.165) is 21.0 Å². The predicted octanol–water partition coefficient (Wildman–Crippen LogP) is 3.89. The zero-order valence-corrected chi connectivity index (χ0v) is 16.8. The van der Waals surface area contributed by atoms with Crippen molar-refractivity contribution < 1.29 is 4.79 Å². The molecular formula is C19H21N3O2S2. The van der Waals surface area contributed by atoms with Crippen LogP contribution < -0.4 is 10.5 Å². The molecule has 0 aliphatic carbocycles. The standard InChI is InChI=1S/C19H21N3O2S2/c1-11-12(2)26-18-16(11)17(23)20-15(21-18)10-25-13(3)19(24)22(4)14-8-6-5-7-9-14/h5-9,13H,10H2,1-4H3,(H,20,21,23)/t13-/m0/s1. The Hall–Kier alpha value is -2.12. The summed E-state index contributed by atoms with van der Waals surface area (Å²) >= 11 is 3.00. The fourth-order valence-electron chi connectivity index (χ4n) is 2.69. The molecule has 3 aromatic rings. The third-order valence-corrected chi connectivity index (χ3v) is 6.62. The maximum Gasteiger partial charge on any atom is 0.259 e. The van der Waals surface area contributed by atoms with E-state index in [-0.39, 0.29) is 16.7 Å². The van der Waals surface area contributed by atoms with Crippen LogP contribution in [0.25, 0.3) is 10.2 Å². The molecule has 7 heteroatoms. The Kier molecular flexibility index (Phi) is 5.48. The Morgan fingerprint density at radius 3 is 2.69 bits per heavy atom. The number of hydrogen-bond acceptors (Lipinski definition) is 5. The van der Waals surface area contributed by atoms with Crippen LogP contribution in [-0.4, -0.2) is 28.2 Å². The number of carbonyl (C=O) groups is 1. The molecule has 0 saturated heterocycles. The number of anilines is 1. The number of H-pyrrole nitrogens is 1. The number of benzene rings is 1. The summed E-state index contributed by atoms with van der Waals surface area (Å²) in [5.74, 6) is 1.11. The molecule has 0 bridgehead atoms. The predicted molar refractivity (Wildman–Crippen MR) is 110 cm³/mol. The normalized spacial score (nSPS) is 12.3. The fourth-order valence-corrected chi connectivity index (χ4v) is 4.59. The van der Waals surface area contributed by atoms with Gasteiger partial charge < -0.3 is 9.88 Å². The van der Waals surface area contributed by atoms with E-state index in [1.165, 1.54) is 23.1 Å². The van der Waals surface area contributed by atoms with Crippen LogP contribution in [0.5, 0.6) is 0 Å². The zero-order valence-electron chi connectivity index (χ0n) is 15.2.